The molecule has 0 aliphatic carbocycles. The fourth-order valence-corrected chi connectivity index (χ4v) is 4.75. The minimum absolute atomic E-state index is 0.0374. The van der Waals surface area contributed by atoms with Crippen LogP contribution in [-0.2, 0) is 11.8 Å². The van der Waals surface area contributed by atoms with E-state index in [4.69, 9.17) is 4.74 Å². The number of aromatic nitrogens is 1. The summed E-state index contributed by atoms with van der Waals surface area (Å²) in [4.78, 5) is 5.27. The molecule has 1 aromatic heterocycles. The van der Waals surface area contributed by atoms with Gasteiger partial charge in [0.05, 0.1) is 17.4 Å². The maximum absolute atomic E-state index is 13.7. The van der Waals surface area contributed by atoms with Gasteiger partial charge in [-0.25, -0.2) is 13.8 Å². The minimum atomic E-state index is -4.67. The lowest BCUT2D eigenvalue weighted by Crippen LogP contribution is -2.60. The molecule has 4 rings (SSSR count). The van der Waals surface area contributed by atoms with Gasteiger partial charge in [0.15, 0.2) is 11.6 Å². The summed E-state index contributed by atoms with van der Waals surface area (Å²) in [7, 11) is 0. The molecule has 0 spiro atoms. The van der Waals surface area contributed by atoms with Crippen molar-refractivity contribution in [1.29, 1.82) is 0 Å². The van der Waals surface area contributed by atoms with Gasteiger partial charge in [-0.2, -0.15) is 13.2 Å². The van der Waals surface area contributed by atoms with E-state index in [2.05, 4.69) is 10.3 Å². The average Bonchev–Trinajstić information content (AvgIpc) is 2.71. The second-order valence-corrected chi connectivity index (χ2v) is 9.54. The van der Waals surface area contributed by atoms with Gasteiger partial charge in [-0.15, -0.1) is 0 Å². The summed E-state index contributed by atoms with van der Waals surface area (Å²) in [5.74, 6) is -2.46. The van der Waals surface area contributed by atoms with Crippen molar-refractivity contribution in [2.45, 2.75) is 56.2 Å². The number of halogens is 5. The number of anilines is 1. The SMILES string of the molecule is CC1CC(O)(c2ccc(F)c(F)c2)CC(COc2cnc(N3CC(C)(O)C3)c(C(F)(F)F)c2)N1. The summed E-state index contributed by atoms with van der Waals surface area (Å²) < 4.78 is 73.6. The number of nitrogens with one attached hydrogen (secondary N) is 1. The van der Waals surface area contributed by atoms with E-state index in [1.165, 1.54) is 24.1 Å². The van der Waals surface area contributed by atoms with E-state index in [1.807, 2.05) is 0 Å². The molecule has 6 nitrogen and oxygen atoms in total. The number of β-amino-alcohol motifs (C(OH)–C–C–N with tert-alkyl or cyclic N) is 1. The quantitative estimate of drug-likeness (QED) is 0.562. The molecule has 2 saturated heterocycles. The van der Waals surface area contributed by atoms with Crippen LogP contribution in [-0.4, -0.2) is 52.6 Å². The number of benzene rings is 1. The van der Waals surface area contributed by atoms with Crippen LogP contribution < -0.4 is 15.0 Å². The molecule has 3 heterocycles. The highest BCUT2D eigenvalue weighted by Gasteiger charge is 2.43. The molecule has 3 unspecified atom stereocenters. The van der Waals surface area contributed by atoms with Crippen LogP contribution in [0.3, 0.4) is 0 Å². The van der Waals surface area contributed by atoms with Gasteiger partial charge in [0.1, 0.15) is 23.7 Å². The van der Waals surface area contributed by atoms with Crippen LogP contribution in [0.1, 0.15) is 37.8 Å². The van der Waals surface area contributed by atoms with Gasteiger partial charge in [-0.05, 0) is 50.5 Å². The topological polar surface area (TPSA) is 77.9 Å². The second kappa shape index (κ2) is 8.62. The first-order chi connectivity index (χ1) is 15.8. The van der Waals surface area contributed by atoms with Crippen LogP contribution in [0, 0.1) is 11.6 Å². The average molecular weight is 487 g/mol. The van der Waals surface area contributed by atoms with E-state index >= 15 is 0 Å². The standard InChI is InChI=1S/C23H26F5N3O3/c1-13-7-22(33,14-3-4-18(24)19(25)5-14)8-15(30-13)10-34-16-6-17(23(26,27)28)20(29-9-16)31-11-21(2,32)12-31/h3-6,9,13,15,30,32-33H,7-8,10-12H2,1-2H3. The summed E-state index contributed by atoms with van der Waals surface area (Å²) in [6.07, 6.45) is -3.16. The van der Waals surface area contributed by atoms with Crippen molar-refractivity contribution in [2.24, 2.45) is 0 Å². The summed E-state index contributed by atoms with van der Waals surface area (Å²) >= 11 is 0. The van der Waals surface area contributed by atoms with Crippen molar-refractivity contribution in [3.8, 4) is 5.75 Å². The van der Waals surface area contributed by atoms with Gasteiger partial charge in [-0.1, -0.05) is 6.07 Å². The number of nitrogens with zero attached hydrogens (tertiary/aromatic N) is 2. The fraction of sp³-hybridized carbons (Fsp3) is 0.522. The van der Waals surface area contributed by atoms with Crippen molar-refractivity contribution >= 4 is 5.82 Å². The monoisotopic (exact) mass is 487 g/mol. The van der Waals surface area contributed by atoms with Crippen molar-refractivity contribution < 1.29 is 36.9 Å². The Morgan fingerprint density at radius 3 is 2.47 bits per heavy atom. The Hall–Kier alpha value is -2.50. The Bertz CT molecular complexity index is 1060. The fourth-order valence-electron chi connectivity index (χ4n) is 4.75. The third kappa shape index (κ3) is 5.11. The van der Waals surface area contributed by atoms with E-state index in [-0.39, 0.29) is 55.7 Å². The van der Waals surface area contributed by atoms with Gasteiger partial charge < -0.3 is 25.2 Å². The van der Waals surface area contributed by atoms with Crippen LogP contribution >= 0.6 is 0 Å². The van der Waals surface area contributed by atoms with E-state index < -0.39 is 40.6 Å². The molecule has 2 fully saturated rings. The number of rotatable bonds is 5. The molecule has 0 bridgehead atoms. The van der Waals surface area contributed by atoms with Gasteiger partial charge in [0, 0.05) is 25.2 Å². The number of pyridine rings is 1. The number of hydrogen-bond donors (Lipinski definition) is 3. The van der Waals surface area contributed by atoms with Crippen LogP contribution in [0.5, 0.6) is 5.75 Å². The molecule has 1 aromatic carbocycles. The van der Waals surface area contributed by atoms with Crippen molar-refractivity contribution in [3.05, 3.63) is 53.2 Å². The van der Waals surface area contributed by atoms with E-state index in [9.17, 15) is 32.2 Å². The van der Waals surface area contributed by atoms with E-state index in [0.29, 0.717) is 0 Å². The first-order valence-corrected chi connectivity index (χ1v) is 10.9. The molecule has 3 atom stereocenters. The number of piperidine rings is 1. The Kier molecular flexibility index (Phi) is 6.24. The normalized spacial score (nSPS) is 26.8. The van der Waals surface area contributed by atoms with Gasteiger partial charge >= 0.3 is 6.18 Å². The number of ether oxygens (including phenoxy) is 1. The van der Waals surface area contributed by atoms with Gasteiger partial charge in [0.2, 0.25) is 0 Å². The van der Waals surface area contributed by atoms with Gasteiger partial charge in [0.25, 0.3) is 0 Å². The Labute approximate surface area is 193 Å². The van der Waals surface area contributed by atoms with Crippen molar-refractivity contribution in [2.75, 3.05) is 24.6 Å². The zero-order valence-electron chi connectivity index (χ0n) is 18.7. The molecule has 0 amide bonds. The molecule has 0 saturated carbocycles. The van der Waals surface area contributed by atoms with Crippen LogP contribution in [0.15, 0.2) is 30.5 Å². The molecule has 3 N–H and O–H groups in total. The number of hydrogen-bond acceptors (Lipinski definition) is 6. The summed E-state index contributed by atoms with van der Waals surface area (Å²) in [6, 6.07) is 3.40. The van der Waals surface area contributed by atoms with Crippen molar-refractivity contribution in [1.82, 2.24) is 10.3 Å². The summed E-state index contributed by atoms with van der Waals surface area (Å²) in [5.41, 5.74) is -3.27. The number of alkyl halides is 3. The molecular weight excluding hydrogens is 461 g/mol. The van der Waals surface area contributed by atoms with Crippen LogP contribution in [0.25, 0.3) is 0 Å². The first kappa shape index (κ1) is 24.6. The Morgan fingerprint density at radius 1 is 1.15 bits per heavy atom. The zero-order valence-corrected chi connectivity index (χ0v) is 18.7. The molecule has 34 heavy (non-hydrogen) atoms. The van der Waals surface area contributed by atoms with Crippen LogP contribution in [0.4, 0.5) is 27.8 Å². The highest BCUT2D eigenvalue weighted by Crippen LogP contribution is 2.40. The Morgan fingerprint density at radius 2 is 1.85 bits per heavy atom. The third-order valence-electron chi connectivity index (χ3n) is 6.17. The first-order valence-electron chi connectivity index (χ1n) is 10.9. The lowest BCUT2D eigenvalue weighted by molar-refractivity contribution is -0.137. The lowest BCUT2D eigenvalue weighted by Gasteiger charge is -2.45. The molecule has 11 heteroatoms. The largest absolute Gasteiger partial charge is 0.490 e. The molecule has 2 aliphatic heterocycles. The number of aliphatic hydroxyl groups is 2. The van der Waals surface area contributed by atoms with Crippen LogP contribution in [0.2, 0.25) is 0 Å². The molecule has 0 radical (unpaired) electrons. The predicted octanol–water partition coefficient (Wildman–Crippen LogP) is 3.36. The predicted molar refractivity (Wildman–Crippen MR) is 113 cm³/mol. The maximum atomic E-state index is 13.7. The molecule has 2 aromatic rings. The molecule has 186 valence electrons. The lowest BCUT2D eigenvalue weighted by atomic mass is 9.79. The molecular formula is C23H26F5N3O3. The molecule has 2 aliphatic rings. The smallest absolute Gasteiger partial charge is 0.420 e. The summed E-state index contributed by atoms with van der Waals surface area (Å²) in [6.45, 7) is 3.34. The Balaban J connectivity index is 1.48. The van der Waals surface area contributed by atoms with E-state index in [1.54, 1.807) is 6.92 Å². The highest BCUT2D eigenvalue weighted by molar-refractivity contribution is 5.54. The van der Waals surface area contributed by atoms with Gasteiger partial charge in [-0.3, -0.25) is 0 Å². The summed E-state index contributed by atoms with van der Waals surface area (Å²) in [5, 5.41) is 24.2. The van der Waals surface area contributed by atoms with E-state index in [0.717, 1.165) is 18.2 Å². The van der Waals surface area contributed by atoms with Crippen molar-refractivity contribution in [3.63, 3.8) is 0 Å². The highest BCUT2D eigenvalue weighted by atomic mass is 19.4. The second-order valence-electron chi connectivity index (χ2n) is 9.54. The maximum Gasteiger partial charge on any atom is 0.420 e. The third-order valence-corrected chi connectivity index (χ3v) is 6.17. The zero-order chi connectivity index (χ0) is 24.9. The minimum Gasteiger partial charge on any atom is -0.490 e.